The maximum absolute atomic E-state index is 11.7. The smallest absolute Gasteiger partial charge is 0.258 e. The van der Waals surface area contributed by atoms with E-state index < -0.39 is 9.84 Å². The molecule has 1 atom stereocenters. The van der Waals surface area contributed by atoms with E-state index in [1.807, 2.05) is 0 Å². The molecule has 0 aliphatic carbocycles. The molecule has 1 amide bonds. The third-order valence-corrected chi connectivity index (χ3v) is 4.79. The summed E-state index contributed by atoms with van der Waals surface area (Å²) < 4.78 is 32.9. The first-order valence-corrected chi connectivity index (χ1v) is 8.07. The first-order chi connectivity index (χ1) is 9.48. The van der Waals surface area contributed by atoms with Crippen LogP contribution in [0.4, 0.5) is 0 Å². The van der Waals surface area contributed by atoms with Crippen LogP contribution in [0.1, 0.15) is 6.42 Å². The number of ether oxygens (including phenoxy) is 2. The molecule has 2 rings (SSSR count). The van der Waals surface area contributed by atoms with Crippen molar-refractivity contribution < 1.29 is 22.7 Å². The molecule has 0 aromatic heterocycles. The monoisotopic (exact) mass is 299 g/mol. The normalized spacial score (nSPS) is 20.4. The number of hydrogen-bond acceptors (Lipinski definition) is 5. The Morgan fingerprint density at radius 2 is 1.95 bits per heavy atom. The van der Waals surface area contributed by atoms with Crippen LogP contribution in [0.5, 0.6) is 11.5 Å². The molecular weight excluding hydrogens is 282 g/mol. The van der Waals surface area contributed by atoms with E-state index in [2.05, 4.69) is 5.32 Å². The Bertz CT molecular complexity index is 567. The van der Waals surface area contributed by atoms with Crippen molar-refractivity contribution in [3.8, 4) is 11.5 Å². The Kier molecular flexibility index (Phi) is 4.49. The van der Waals surface area contributed by atoms with Gasteiger partial charge in [-0.05, 0) is 30.7 Å². The second-order valence-electron chi connectivity index (χ2n) is 4.63. The van der Waals surface area contributed by atoms with Crippen LogP contribution >= 0.6 is 0 Å². The van der Waals surface area contributed by atoms with Crippen LogP contribution in [0.15, 0.2) is 24.3 Å². The van der Waals surface area contributed by atoms with Gasteiger partial charge in [0.2, 0.25) is 0 Å². The van der Waals surface area contributed by atoms with Crippen molar-refractivity contribution in [2.24, 2.45) is 0 Å². The molecule has 0 radical (unpaired) electrons. The predicted molar refractivity (Wildman–Crippen MR) is 73.7 cm³/mol. The van der Waals surface area contributed by atoms with Gasteiger partial charge in [-0.2, -0.15) is 0 Å². The zero-order valence-corrected chi connectivity index (χ0v) is 12.0. The number of carbonyl (C=O) groups excluding carboxylic acids is 1. The van der Waals surface area contributed by atoms with Gasteiger partial charge in [-0.25, -0.2) is 8.42 Å². The minimum atomic E-state index is -2.99. The Hall–Kier alpha value is -1.76. The van der Waals surface area contributed by atoms with Gasteiger partial charge in [0.1, 0.15) is 11.5 Å². The van der Waals surface area contributed by atoms with Gasteiger partial charge < -0.3 is 14.8 Å². The van der Waals surface area contributed by atoms with Gasteiger partial charge >= 0.3 is 0 Å². The minimum Gasteiger partial charge on any atom is -0.497 e. The van der Waals surface area contributed by atoms with Crippen molar-refractivity contribution in [3.63, 3.8) is 0 Å². The Morgan fingerprint density at radius 1 is 1.30 bits per heavy atom. The van der Waals surface area contributed by atoms with E-state index in [0.717, 1.165) is 0 Å². The lowest BCUT2D eigenvalue weighted by molar-refractivity contribution is -0.123. The molecule has 1 aromatic rings. The van der Waals surface area contributed by atoms with Crippen LogP contribution in [0, 0.1) is 0 Å². The second kappa shape index (κ2) is 6.13. The topological polar surface area (TPSA) is 81.7 Å². The van der Waals surface area contributed by atoms with Crippen LogP contribution in [0.2, 0.25) is 0 Å². The van der Waals surface area contributed by atoms with Crippen molar-refractivity contribution in [3.05, 3.63) is 24.3 Å². The fraction of sp³-hybridized carbons (Fsp3) is 0.462. The van der Waals surface area contributed by atoms with Crippen molar-refractivity contribution in [1.29, 1.82) is 0 Å². The maximum atomic E-state index is 11.7. The van der Waals surface area contributed by atoms with E-state index in [-0.39, 0.29) is 30.1 Å². The minimum absolute atomic E-state index is 0.0152. The summed E-state index contributed by atoms with van der Waals surface area (Å²) in [5.74, 6) is 1.10. The molecule has 1 N–H and O–H groups in total. The largest absolute Gasteiger partial charge is 0.497 e. The fourth-order valence-corrected chi connectivity index (χ4v) is 3.67. The molecule has 6 nitrogen and oxygen atoms in total. The predicted octanol–water partition coefficient (Wildman–Crippen LogP) is 0.377. The number of nitrogens with one attached hydrogen (secondary N) is 1. The number of amides is 1. The summed E-state index contributed by atoms with van der Waals surface area (Å²) in [4.78, 5) is 11.7. The number of methoxy groups -OCH3 is 1. The van der Waals surface area contributed by atoms with Crippen molar-refractivity contribution >= 4 is 15.7 Å². The molecule has 1 aliphatic rings. The maximum Gasteiger partial charge on any atom is 0.258 e. The van der Waals surface area contributed by atoms with Crippen LogP contribution in [0.3, 0.4) is 0 Å². The number of benzene rings is 1. The van der Waals surface area contributed by atoms with Gasteiger partial charge in [0.25, 0.3) is 5.91 Å². The third kappa shape index (κ3) is 4.12. The zero-order valence-electron chi connectivity index (χ0n) is 11.2. The molecule has 1 aromatic carbocycles. The number of rotatable bonds is 5. The van der Waals surface area contributed by atoms with E-state index in [9.17, 15) is 13.2 Å². The molecule has 1 unspecified atom stereocenters. The first-order valence-electron chi connectivity index (χ1n) is 6.25. The average Bonchev–Trinajstić information content (AvgIpc) is 2.76. The van der Waals surface area contributed by atoms with Gasteiger partial charge in [0.15, 0.2) is 16.4 Å². The first kappa shape index (κ1) is 14.6. The summed E-state index contributed by atoms with van der Waals surface area (Å²) in [6, 6.07) is 6.57. The molecule has 1 aliphatic heterocycles. The Balaban J connectivity index is 1.77. The quantitative estimate of drug-likeness (QED) is 0.850. The number of hydrogen-bond donors (Lipinski definition) is 1. The molecule has 0 saturated carbocycles. The van der Waals surface area contributed by atoms with Crippen LogP contribution in [-0.2, 0) is 14.6 Å². The van der Waals surface area contributed by atoms with Crippen LogP contribution in [0.25, 0.3) is 0 Å². The Morgan fingerprint density at radius 3 is 2.50 bits per heavy atom. The summed E-state index contributed by atoms with van der Waals surface area (Å²) >= 11 is 0. The Labute approximate surface area is 118 Å². The highest BCUT2D eigenvalue weighted by Crippen LogP contribution is 2.17. The summed E-state index contributed by atoms with van der Waals surface area (Å²) in [7, 11) is -1.42. The van der Waals surface area contributed by atoms with Gasteiger partial charge in [0.05, 0.1) is 18.6 Å². The summed E-state index contributed by atoms with van der Waals surface area (Å²) in [5, 5.41) is 2.66. The lowest BCUT2D eigenvalue weighted by Crippen LogP contribution is -2.38. The third-order valence-electron chi connectivity index (χ3n) is 3.03. The second-order valence-corrected chi connectivity index (χ2v) is 6.86. The number of sulfone groups is 1. The van der Waals surface area contributed by atoms with Gasteiger partial charge in [-0.3, -0.25) is 4.79 Å². The number of carbonyl (C=O) groups is 1. The van der Waals surface area contributed by atoms with E-state index in [0.29, 0.717) is 17.9 Å². The summed E-state index contributed by atoms with van der Waals surface area (Å²) in [6.45, 7) is -0.136. The average molecular weight is 299 g/mol. The highest BCUT2D eigenvalue weighted by atomic mass is 32.2. The van der Waals surface area contributed by atoms with E-state index in [4.69, 9.17) is 9.47 Å². The van der Waals surface area contributed by atoms with Crippen molar-refractivity contribution in [2.75, 3.05) is 25.2 Å². The van der Waals surface area contributed by atoms with Crippen molar-refractivity contribution in [2.45, 2.75) is 12.5 Å². The molecule has 1 heterocycles. The van der Waals surface area contributed by atoms with Gasteiger partial charge in [-0.1, -0.05) is 0 Å². The molecule has 1 fully saturated rings. The fourth-order valence-electron chi connectivity index (χ4n) is 2.00. The van der Waals surface area contributed by atoms with Crippen LogP contribution < -0.4 is 14.8 Å². The molecule has 0 spiro atoms. The van der Waals surface area contributed by atoms with E-state index in [1.165, 1.54) is 0 Å². The SMILES string of the molecule is COc1ccc(OCC(=O)NC2CCS(=O)(=O)C2)cc1. The highest BCUT2D eigenvalue weighted by Gasteiger charge is 2.28. The molecule has 110 valence electrons. The molecule has 1 saturated heterocycles. The molecule has 7 heteroatoms. The van der Waals surface area contributed by atoms with Gasteiger partial charge in [-0.15, -0.1) is 0 Å². The van der Waals surface area contributed by atoms with E-state index >= 15 is 0 Å². The molecule has 0 bridgehead atoms. The highest BCUT2D eigenvalue weighted by molar-refractivity contribution is 7.91. The molecular formula is C13H17NO5S. The standard InChI is InChI=1S/C13H17NO5S/c1-18-11-2-4-12(5-3-11)19-8-13(15)14-10-6-7-20(16,17)9-10/h2-5,10H,6-9H2,1H3,(H,14,15). The van der Waals surface area contributed by atoms with Gasteiger partial charge in [0, 0.05) is 6.04 Å². The summed E-state index contributed by atoms with van der Waals surface area (Å²) in [6.07, 6.45) is 0.469. The lowest BCUT2D eigenvalue weighted by atomic mass is 10.2. The summed E-state index contributed by atoms with van der Waals surface area (Å²) in [5.41, 5.74) is 0. The van der Waals surface area contributed by atoms with Crippen LogP contribution in [-0.4, -0.2) is 45.6 Å². The molecule has 20 heavy (non-hydrogen) atoms. The lowest BCUT2D eigenvalue weighted by Gasteiger charge is -2.11. The van der Waals surface area contributed by atoms with Crippen molar-refractivity contribution in [1.82, 2.24) is 5.32 Å². The van der Waals surface area contributed by atoms with E-state index in [1.54, 1.807) is 31.4 Å². The zero-order chi connectivity index (χ0) is 14.6.